The van der Waals surface area contributed by atoms with Gasteiger partial charge in [-0.1, -0.05) is 18.9 Å². The third kappa shape index (κ3) is 3.96. The van der Waals surface area contributed by atoms with Crippen molar-refractivity contribution in [2.24, 2.45) is 0 Å². The molecule has 4 heteroatoms. The number of nitrogens with one attached hydrogen (secondary N) is 1. The van der Waals surface area contributed by atoms with E-state index in [2.05, 4.69) is 5.32 Å². The van der Waals surface area contributed by atoms with E-state index < -0.39 is 0 Å². The molecule has 0 unspecified atom stereocenters. The monoisotopic (exact) mass is 262 g/mol. The van der Waals surface area contributed by atoms with Gasteiger partial charge in [0.2, 0.25) is 5.91 Å². The molecule has 0 bridgehead atoms. The lowest BCUT2D eigenvalue weighted by Crippen LogP contribution is -2.17. The van der Waals surface area contributed by atoms with Crippen LogP contribution in [-0.4, -0.2) is 18.6 Å². The van der Waals surface area contributed by atoms with E-state index in [0.29, 0.717) is 24.8 Å². The highest BCUT2D eigenvalue weighted by Crippen LogP contribution is 2.22. The highest BCUT2D eigenvalue weighted by molar-refractivity contribution is 5.92. The smallest absolute Gasteiger partial charge is 0.226 e. The highest BCUT2D eigenvalue weighted by atomic mass is 16.5. The molecule has 0 aromatic heterocycles. The van der Waals surface area contributed by atoms with E-state index in [4.69, 9.17) is 10.5 Å². The van der Waals surface area contributed by atoms with Crippen molar-refractivity contribution >= 4 is 17.3 Å². The first-order chi connectivity index (χ1) is 9.16. The summed E-state index contributed by atoms with van der Waals surface area (Å²) in [5.74, 6) is -0.0216. The number of nitrogens with two attached hydrogens (primary N) is 1. The predicted octanol–water partition coefficient (Wildman–Crippen LogP) is 2.87. The van der Waals surface area contributed by atoms with Crippen molar-refractivity contribution in [2.45, 2.75) is 45.1 Å². The number of ether oxygens (including phenoxy) is 1. The molecule has 2 rings (SSSR count). The van der Waals surface area contributed by atoms with Crippen molar-refractivity contribution in [3.8, 4) is 0 Å². The zero-order chi connectivity index (χ0) is 13.7. The first-order valence-electron chi connectivity index (χ1n) is 6.93. The zero-order valence-corrected chi connectivity index (χ0v) is 11.4. The Hall–Kier alpha value is -1.55. The van der Waals surface area contributed by atoms with Crippen molar-refractivity contribution in [1.29, 1.82) is 0 Å². The van der Waals surface area contributed by atoms with Gasteiger partial charge in [0.15, 0.2) is 0 Å². The van der Waals surface area contributed by atoms with E-state index >= 15 is 0 Å². The van der Waals surface area contributed by atoms with E-state index in [1.54, 1.807) is 0 Å². The van der Waals surface area contributed by atoms with Crippen molar-refractivity contribution < 1.29 is 9.53 Å². The molecule has 4 nitrogen and oxygen atoms in total. The number of amides is 1. The summed E-state index contributed by atoms with van der Waals surface area (Å²) in [5, 5.41) is 2.88. The summed E-state index contributed by atoms with van der Waals surface area (Å²) in [5.41, 5.74) is 8.19. The summed E-state index contributed by atoms with van der Waals surface area (Å²) in [4.78, 5) is 11.8. The lowest BCUT2D eigenvalue weighted by atomic mass is 10.1. The van der Waals surface area contributed by atoms with E-state index in [1.807, 2.05) is 25.1 Å². The molecule has 1 fully saturated rings. The molecule has 19 heavy (non-hydrogen) atoms. The second kappa shape index (κ2) is 6.57. The highest BCUT2D eigenvalue weighted by Gasteiger charge is 2.15. The molecule has 1 aromatic rings. The summed E-state index contributed by atoms with van der Waals surface area (Å²) in [6.07, 6.45) is 5.52. The number of carbonyl (C=O) groups excluding carboxylic acids is 1. The third-order valence-corrected chi connectivity index (χ3v) is 3.63. The lowest BCUT2D eigenvalue weighted by Gasteiger charge is -2.12. The maximum Gasteiger partial charge on any atom is 0.226 e. The van der Waals surface area contributed by atoms with Crippen molar-refractivity contribution in [3.63, 3.8) is 0 Å². The molecule has 1 aromatic carbocycles. The summed E-state index contributed by atoms with van der Waals surface area (Å²) in [6.45, 7) is 2.40. The molecule has 104 valence electrons. The number of rotatable bonds is 5. The van der Waals surface area contributed by atoms with Crippen molar-refractivity contribution in [1.82, 2.24) is 0 Å². The molecule has 1 aliphatic carbocycles. The molecule has 0 spiro atoms. The van der Waals surface area contributed by atoms with Gasteiger partial charge >= 0.3 is 0 Å². The van der Waals surface area contributed by atoms with Crippen LogP contribution in [0.25, 0.3) is 0 Å². The summed E-state index contributed by atoms with van der Waals surface area (Å²) < 4.78 is 5.68. The Labute approximate surface area is 114 Å². The van der Waals surface area contributed by atoms with Crippen LogP contribution < -0.4 is 11.1 Å². The standard InChI is InChI=1S/C15H22N2O2/c1-11-13(16)7-4-8-14(11)17-15(18)9-10-19-12-5-2-3-6-12/h4,7-8,12H,2-3,5-6,9-10,16H2,1H3,(H,17,18). The normalized spacial score (nSPS) is 15.6. The lowest BCUT2D eigenvalue weighted by molar-refractivity contribution is -0.117. The Morgan fingerprint density at radius 1 is 1.42 bits per heavy atom. The SMILES string of the molecule is Cc1c(N)cccc1NC(=O)CCOC1CCCC1. The van der Waals surface area contributed by atoms with Gasteiger partial charge in [0.05, 0.1) is 19.1 Å². The fourth-order valence-corrected chi connectivity index (χ4v) is 2.37. The Morgan fingerprint density at radius 3 is 2.89 bits per heavy atom. The van der Waals surface area contributed by atoms with Gasteiger partial charge in [-0.2, -0.15) is 0 Å². The van der Waals surface area contributed by atoms with Gasteiger partial charge in [-0.05, 0) is 37.5 Å². The van der Waals surface area contributed by atoms with Gasteiger partial charge in [0.1, 0.15) is 0 Å². The number of benzene rings is 1. The second-order valence-electron chi connectivity index (χ2n) is 5.10. The van der Waals surface area contributed by atoms with Crippen LogP contribution in [0, 0.1) is 6.92 Å². The minimum atomic E-state index is -0.0216. The van der Waals surface area contributed by atoms with Gasteiger partial charge in [-0.15, -0.1) is 0 Å². The molecule has 3 N–H and O–H groups in total. The molecule has 1 amide bonds. The number of anilines is 2. The Morgan fingerprint density at radius 2 is 2.16 bits per heavy atom. The van der Waals surface area contributed by atoms with Crippen LogP contribution in [0.5, 0.6) is 0 Å². The molecular formula is C15H22N2O2. The number of hydrogen-bond donors (Lipinski definition) is 2. The van der Waals surface area contributed by atoms with Gasteiger partial charge < -0.3 is 15.8 Å². The van der Waals surface area contributed by atoms with Crippen molar-refractivity contribution in [3.05, 3.63) is 23.8 Å². The van der Waals surface area contributed by atoms with E-state index in [0.717, 1.165) is 24.1 Å². The van der Waals surface area contributed by atoms with E-state index in [1.165, 1.54) is 12.8 Å². The summed E-state index contributed by atoms with van der Waals surface area (Å²) in [6, 6.07) is 5.53. The minimum absolute atomic E-state index is 0.0216. The van der Waals surface area contributed by atoms with Gasteiger partial charge in [0, 0.05) is 11.4 Å². The summed E-state index contributed by atoms with van der Waals surface area (Å²) >= 11 is 0. The van der Waals surface area contributed by atoms with Crippen LogP contribution in [0.1, 0.15) is 37.7 Å². The largest absolute Gasteiger partial charge is 0.398 e. The fourth-order valence-electron chi connectivity index (χ4n) is 2.37. The first-order valence-corrected chi connectivity index (χ1v) is 6.93. The molecule has 1 aliphatic rings. The maximum atomic E-state index is 11.8. The van der Waals surface area contributed by atoms with Crippen molar-refractivity contribution in [2.75, 3.05) is 17.7 Å². The number of nitrogen functional groups attached to an aromatic ring is 1. The Kier molecular flexibility index (Phi) is 4.80. The molecule has 0 radical (unpaired) electrons. The van der Waals surface area contributed by atoms with Crippen LogP contribution in [0.2, 0.25) is 0 Å². The topological polar surface area (TPSA) is 64.3 Å². The molecule has 0 atom stereocenters. The zero-order valence-electron chi connectivity index (χ0n) is 11.4. The van der Waals surface area contributed by atoms with Crippen LogP contribution in [-0.2, 0) is 9.53 Å². The first kappa shape index (κ1) is 13.9. The fraction of sp³-hybridized carbons (Fsp3) is 0.533. The van der Waals surface area contributed by atoms with Crippen LogP contribution >= 0.6 is 0 Å². The third-order valence-electron chi connectivity index (χ3n) is 3.63. The molecule has 1 saturated carbocycles. The van der Waals surface area contributed by atoms with Gasteiger partial charge in [0.25, 0.3) is 0 Å². The molecular weight excluding hydrogens is 240 g/mol. The maximum absolute atomic E-state index is 11.8. The summed E-state index contributed by atoms with van der Waals surface area (Å²) in [7, 11) is 0. The molecule has 0 heterocycles. The number of carbonyl (C=O) groups is 1. The predicted molar refractivity (Wildman–Crippen MR) is 77.0 cm³/mol. The average Bonchev–Trinajstić information content (AvgIpc) is 2.88. The quantitative estimate of drug-likeness (QED) is 0.802. The van der Waals surface area contributed by atoms with Crippen LogP contribution in [0.15, 0.2) is 18.2 Å². The Bertz CT molecular complexity index is 440. The van der Waals surface area contributed by atoms with Crippen LogP contribution in [0.4, 0.5) is 11.4 Å². The molecule has 0 aliphatic heterocycles. The average molecular weight is 262 g/mol. The Balaban J connectivity index is 1.76. The second-order valence-corrected chi connectivity index (χ2v) is 5.10. The van der Waals surface area contributed by atoms with Gasteiger partial charge in [-0.3, -0.25) is 4.79 Å². The van der Waals surface area contributed by atoms with E-state index in [9.17, 15) is 4.79 Å². The van der Waals surface area contributed by atoms with Crippen LogP contribution in [0.3, 0.4) is 0 Å². The van der Waals surface area contributed by atoms with Gasteiger partial charge in [-0.25, -0.2) is 0 Å². The van der Waals surface area contributed by atoms with E-state index in [-0.39, 0.29) is 5.91 Å². The minimum Gasteiger partial charge on any atom is -0.398 e. The number of hydrogen-bond acceptors (Lipinski definition) is 3. The molecule has 0 saturated heterocycles.